The van der Waals surface area contributed by atoms with Crippen LogP contribution in [0.15, 0.2) is 24.3 Å². The summed E-state index contributed by atoms with van der Waals surface area (Å²) in [5.74, 6) is -0.319. The lowest BCUT2D eigenvalue weighted by Gasteiger charge is -2.20. The molecule has 0 aromatic heterocycles. The Kier molecular flexibility index (Phi) is 6.70. The first-order chi connectivity index (χ1) is 9.45. The van der Waals surface area contributed by atoms with Gasteiger partial charge in [0.15, 0.2) is 5.12 Å². The van der Waals surface area contributed by atoms with Crippen LogP contribution in [-0.4, -0.2) is 40.3 Å². The number of aliphatic hydroxyl groups excluding tert-OH is 2. The fourth-order valence-electron chi connectivity index (χ4n) is 1.71. The van der Waals surface area contributed by atoms with Gasteiger partial charge in [-0.05, 0) is 11.1 Å². The molecule has 2 N–H and O–H groups in total. The van der Waals surface area contributed by atoms with E-state index in [1.807, 2.05) is 0 Å². The zero-order valence-corrected chi connectivity index (χ0v) is 12.2. The van der Waals surface area contributed by atoms with Crippen molar-refractivity contribution in [2.75, 3.05) is 12.9 Å². The van der Waals surface area contributed by atoms with Gasteiger partial charge in [0.25, 0.3) is 0 Å². The Bertz CT molecular complexity index is 474. The Hall–Kier alpha value is -1.37. The lowest BCUT2D eigenvalue weighted by atomic mass is 9.97. The summed E-state index contributed by atoms with van der Waals surface area (Å²) in [5, 5.41) is 19.9. The van der Waals surface area contributed by atoms with E-state index in [0.29, 0.717) is 11.1 Å². The van der Waals surface area contributed by atoms with Crippen LogP contribution in [0.4, 0.5) is 0 Å². The zero-order chi connectivity index (χ0) is 15.1. The van der Waals surface area contributed by atoms with Crippen LogP contribution in [0.25, 0.3) is 0 Å². The number of methoxy groups -OCH3 is 1. The van der Waals surface area contributed by atoms with Crippen molar-refractivity contribution in [3.8, 4) is 0 Å². The summed E-state index contributed by atoms with van der Waals surface area (Å²) in [7, 11) is 1.29. The molecule has 0 aliphatic heterocycles. The van der Waals surface area contributed by atoms with E-state index in [0.717, 1.165) is 11.8 Å². The van der Waals surface area contributed by atoms with E-state index in [-0.39, 0.29) is 17.3 Å². The minimum absolute atomic E-state index is 0.0241. The van der Waals surface area contributed by atoms with Crippen LogP contribution < -0.4 is 0 Å². The van der Waals surface area contributed by atoms with Crippen LogP contribution in [0.3, 0.4) is 0 Å². The molecule has 0 radical (unpaired) electrons. The molecular weight excluding hydrogens is 280 g/mol. The van der Waals surface area contributed by atoms with Gasteiger partial charge in [-0.3, -0.25) is 9.59 Å². The van der Waals surface area contributed by atoms with E-state index in [1.165, 1.54) is 14.0 Å². The van der Waals surface area contributed by atoms with Crippen molar-refractivity contribution in [3.63, 3.8) is 0 Å². The van der Waals surface area contributed by atoms with Crippen molar-refractivity contribution < 1.29 is 24.5 Å². The van der Waals surface area contributed by atoms with Gasteiger partial charge >= 0.3 is 5.97 Å². The minimum atomic E-state index is -1.15. The Labute approximate surface area is 121 Å². The summed E-state index contributed by atoms with van der Waals surface area (Å²) >= 11 is 0.946. The van der Waals surface area contributed by atoms with Gasteiger partial charge < -0.3 is 14.9 Å². The number of carbonyl (C=O) groups excluding carboxylic acids is 2. The third kappa shape index (κ3) is 4.96. The first-order valence-electron chi connectivity index (χ1n) is 6.09. The van der Waals surface area contributed by atoms with Crippen LogP contribution in [-0.2, 0) is 20.7 Å². The number of ether oxygens (including phenoxy) is 1. The van der Waals surface area contributed by atoms with Crippen molar-refractivity contribution in [1.29, 1.82) is 0 Å². The average molecular weight is 298 g/mol. The second kappa shape index (κ2) is 8.04. The van der Waals surface area contributed by atoms with E-state index in [4.69, 9.17) is 0 Å². The summed E-state index contributed by atoms with van der Waals surface area (Å²) in [6, 6.07) is 6.79. The standard InChI is InChI=1S/C14H18O5S/c1-9(15)20-8-12(16)14(18)11-6-4-3-5-10(11)7-13(17)19-2/h3-6,12,14,16,18H,7-8H2,1-2H3. The van der Waals surface area contributed by atoms with E-state index < -0.39 is 18.2 Å². The predicted octanol–water partition coefficient (Wildman–Crippen LogP) is 1.08. The number of hydrogen-bond donors (Lipinski definition) is 2. The molecule has 0 fully saturated rings. The number of esters is 1. The molecule has 110 valence electrons. The SMILES string of the molecule is COC(=O)Cc1ccccc1C(O)C(O)CSC(C)=O. The van der Waals surface area contributed by atoms with Gasteiger partial charge in [0.1, 0.15) is 6.10 Å². The molecule has 6 heteroatoms. The average Bonchev–Trinajstić information content (AvgIpc) is 2.44. The highest BCUT2D eigenvalue weighted by Gasteiger charge is 2.22. The van der Waals surface area contributed by atoms with E-state index in [2.05, 4.69) is 4.74 Å². The molecule has 5 nitrogen and oxygen atoms in total. The van der Waals surface area contributed by atoms with Gasteiger partial charge in [-0.15, -0.1) is 0 Å². The van der Waals surface area contributed by atoms with E-state index in [9.17, 15) is 19.8 Å². The van der Waals surface area contributed by atoms with Crippen molar-refractivity contribution in [3.05, 3.63) is 35.4 Å². The Morgan fingerprint density at radius 3 is 2.55 bits per heavy atom. The first kappa shape index (κ1) is 16.7. The van der Waals surface area contributed by atoms with Gasteiger partial charge in [0.05, 0.1) is 19.6 Å². The fraction of sp³-hybridized carbons (Fsp3) is 0.429. The summed E-state index contributed by atoms with van der Waals surface area (Å²) < 4.78 is 4.60. The monoisotopic (exact) mass is 298 g/mol. The molecule has 0 heterocycles. The van der Waals surface area contributed by atoms with Crippen LogP contribution in [0.2, 0.25) is 0 Å². The van der Waals surface area contributed by atoms with Crippen molar-refractivity contribution in [2.24, 2.45) is 0 Å². The second-order valence-corrected chi connectivity index (χ2v) is 5.46. The van der Waals surface area contributed by atoms with Gasteiger partial charge in [0, 0.05) is 12.7 Å². The number of benzene rings is 1. The van der Waals surface area contributed by atoms with Crippen molar-refractivity contribution in [2.45, 2.75) is 25.6 Å². The highest BCUT2D eigenvalue weighted by molar-refractivity contribution is 8.13. The smallest absolute Gasteiger partial charge is 0.309 e. The molecule has 1 aromatic carbocycles. The predicted molar refractivity (Wildman–Crippen MR) is 76.3 cm³/mol. The van der Waals surface area contributed by atoms with E-state index >= 15 is 0 Å². The Morgan fingerprint density at radius 1 is 1.30 bits per heavy atom. The van der Waals surface area contributed by atoms with Crippen LogP contribution in [0, 0.1) is 0 Å². The lowest BCUT2D eigenvalue weighted by Crippen LogP contribution is -2.23. The van der Waals surface area contributed by atoms with E-state index in [1.54, 1.807) is 24.3 Å². The molecule has 0 bridgehead atoms. The van der Waals surface area contributed by atoms with Crippen LogP contribution in [0.1, 0.15) is 24.2 Å². The maximum Gasteiger partial charge on any atom is 0.309 e. The highest BCUT2D eigenvalue weighted by Crippen LogP contribution is 2.24. The van der Waals surface area contributed by atoms with Crippen molar-refractivity contribution in [1.82, 2.24) is 0 Å². The maximum atomic E-state index is 11.3. The Balaban J connectivity index is 2.83. The van der Waals surface area contributed by atoms with Gasteiger partial charge in [-0.1, -0.05) is 36.0 Å². The molecule has 1 aromatic rings. The fourth-order valence-corrected chi connectivity index (χ4v) is 2.30. The summed E-state index contributed by atoms with van der Waals surface area (Å²) in [5.41, 5.74) is 1.06. The van der Waals surface area contributed by atoms with Crippen LogP contribution in [0.5, 0.6) is 0 Å². The quantitative estimate of drug-likeness (QED) is 0.765. The van der Waals surface area contributed by atoms with Crippen molar-refractivity contribution >= 4 is 22.8 Å². The largest absolute Gasteiger partial charge is 0.469 e. The zero-order valence-electron chi connectivity index (χ0n) is 11.4. The minimum Gasteiger partial charge on any atom is -0.469 e. The third-order valence-electron chi connectivity index (χ3n) is 2.76. The molecule has 1 rings (SSSR count). The molecule has 0 spiro atoms. The molecular formula is C14H18O5S. The number of aliphatic hydroxyl groups is 2. The van der Waals surface area contributed by atoms with Gasteiger partial charge in [0.2, 0.25) is 0 Å². The Morgan fingerprint density at radius 2 is 1.95 bits per heavy atom. The summed E-state index contributed by atoms with van der Waals surface area (Å²) in [6.45, 7) is 1.40. The van der Waals surface area contributed by atoms with Crippen LogP contribution >= 0.6 is 11.8 Å². The summed E-state index contributed by atoms with van der Waals surface area (Å²) in [6.07, 6.45) is -2.21. The molecule has 2 atom stereocenters. The number of carbonyl (C=O) groups is 2. The molecule has 0 aliphatic rings. The molecule has 20 heavy (non-hydrogen) atoms. The normalized spacial score (nSPS) is 13.6. The number of rotatable bonds is 6. The first-order valence-corrected chi connectivity index (χ1v) is 7.08. The summed E-state index contributed by atoms with van der Waals surface area (Å²) in [4.78, 5) is 22.2. The number of hydrogen-bond acceptors (Lipinski definition) is 6. The maximum absolute atomic E-state index is 11.3. The third-order valence-corrected chi connectivity index (χ3v) is 3.67. The molecule has 0 amide bonds. The van der Waals surface area contributed by atoms with Gasteiger partial charge in [-0.2, -0.15) is 0 Å². The highest BCUT2D eigenvalue weighted by atomic mass is 32.2. The molecule has 0 aliphatic carbocycles. The molecule has 0 saturated carbocycles. The molecule has 2 unspecified atom stereocenters. The van der Waals surface area contributed by atoms with Gasteiger partial charge in [-0.25, -0.2) is 0 Å². The molecule has 0 saturated heterocycles. The topological polar surface area (TPSA) is 83.8 Å². The second-order valence-electron chi connectivity index (χ2n) is 4.27. The lowest BCUT2D eigenvalue weighted by molar-refractivity contribution is -0.139. The number of thioether (sulfide) groups is 1.